The first kappa shape index (κ1) is 14.4. The molecule has 3 rings (SSSR count). The van der Waals surface area contributed by atoms with E-state index in [1.807, 2.05) is 53.5 Å². The van der Waals surface area contributed by atoms with E-state index in [2.05, 4.69) is 5.10 Å². The van der Waals surface area contributed by atoms with Gasteiger partial charge in [0.1, 0.15) is 0 Å². The topological polar surface area (TPSA) is 41.6 Å². The van der Waals surface area contributed by atoms with Crippen LogP contribution in [0.25, 0.3) is 0 Å². The number of benzene rings is 2. The van der Waals surface area contributed by atoms with Crippen molar-refractivity contribution in [3.05, 3.63) is 64.1 Å². The Balaban J connectivity index is 2.02. The Labute approximate surface area is 134 Å². The number of nitrogens with zero attached hydrogens (tertiary/aromatic N) is 2. The van der Waals surface area contributed by atoms with Crippen LogP contribution < -0.4 is 10.7 Å². The summed E-state index contributed by atoms with van der Waals surface area (Å²) < 4.78 is 0. The molecular formula is C16H15Cl2N3. The van der Waals surface area contributed by atoms with Gasteiger partial charge in [-0.2, -0.15) is 5.10 Å². The van der Waals surface area contributed by atoms with E-state index in [-0.39, 0.29) is 6.04 Å². The number of hydrogen-bond donors (Lipinski definition) is 1. The van der Waals surface area contributed by atoms with E-state index in [4.69, 9.17) is 28.9 Å². The monoisotopic (exact) mass is 319 g/mol. The maximum absolute atomic E-state index is 6.34. The van der Waals surface area contributed by atoms with Crippen LogP contribution in [0, 0.1) is 0 Å². The second-order valence-electron chi connectivity index (χ2n) is 4.94. The summed E-state index contributed by atoms with van der Waals surface area (Å²) >= 11 is 12.4. The van der Waals surface area contributed by atoms with Crippen LogP contribution in [0.2, 0.25) is 10.0 Å². The molecule has 2 aromatic rings. The van der Waals surface area contributed by atoms with Gasteiger partial charge in [0.05, 0.1) is 17.4 Å². The number of anilines is 1. The molecule has 21 heavy (non-hydrogen) atoms. The zero-order valence-electron chi connectivity index (χ0n) is 11.3. The number of halogens is 2. The fraction of sp³-hybridized carbons (Fsp3) is 0.188. The lowest BCUT2D eigenvalue weighted by atomic mass is 10.0. The van der Waals surface area contributed by atoms with Gasteiger partial charge in [-0.15, -0.1) is 0 Å². The summed E-state index contributed by atoms with van der Waals surface area (Å²) in [6.07, 6.45) is 0.771. The van der Waals surface area contributed by atoms with Crippen LogP contribution in [-0.4, -0.2) is 12.3 Å². The molecule has 0 saturated carbocycles. The molecule has 2 N–H and O–H groups in total. The molecule has 2 aromatic carbocycles. The van der Waals surface area contributed by atoms with E-state index in [0.717, 1.165) is 28.4 Å². The van der Waals surface area contributed by atoms with Gasteiger partial charge in [0.15, 0.2) is 0 Å². The van der Waals surface area contributed by atoms with Gasteiger partial charge in [-0.05, 0) is 29.8 Å². The average molecular weight is 320 g/mol. The van der Waals surface area contributed by atoms with Crippen LogP contribution in [0.15, 0.2) is 53.6 Å². The average Bonchev–Trinajstić information content (AvgIpc) is 2.92. The van der Waals surface area contributed by atoms with E-state index in [1.165, 1.54) is 0 Å². The predicted molar refractivity (Wildman–Crippen MR) is 89.2 cm³/mol. The molecule has 1 heterocycles. The van der Waals surface area contributed by atoms with Gasteiger partial charge in [0.2, 0.25) is 0 Å². The van der Waals surface area contributed by atoms with Crippen molar-refractivity contribution in [2.45, 2.75) is 12.5 Å². The van der Waals surface area contributed by atoms with E-state index in [1.54, 1.807) is 0 Å². The van der Waals surface area contributed by atoms with E-state index in [0.29, 0.717) is 11.6 Å². The predicted octanol–water partition coefficient (Wildman–Crippen LogP) is 4.26. The fourth-order valence-electron chi connectivity index (χ4n) is 2.54. The highest BCUT2D eigenvalue weighted by Crippen LogP contribution is 2.38. The Morgan fingerprint density at radius 2 is 1.95 bits per heavy atom. The van der Waals surface area contributed by atoms with Gasteiger partial charge in [-0.1, -0.05) is 47.5 Å². The molecule has 1 unspecified atom stereocenters. The molecule has 0 bridgehead atoms. The summed E-state index contributed by atoms with van der Waals surface area (Å²) in [5.74, 6) is 0. The zero-order valence-corrected chi connectivity index (χ0v) is 12.8. The lowest BCUT2D eigenvalue weighted by Crippen LogP contribution is -2.19. The number of hydrazone groups is 1. The highest BCUT2D eigenvalue weighted by molar-refractivity contribution is 6.31. The Morgan fingerprint density at radius 1 is 1.14 bits per heavy atom. The third-order valence-corrected chi connectivity index (χ3v) is 4.13. The molecule has 1 aliphatic rings. The van der Waals surface area contributed by atoms with Crippen molar-refractivity contribution in [2.75, 3.05) is 11.6 Å². The molecule has 0 amide bonds. The lowest BCUT2D eigenvalue weighted by Gasteiger charge is -2.25. The third-order valence-electron chi connectivity index (χ3n) is 3.55. The molecule has 0 radical (unpaired) electrons. The molecule has 0 saturated heterocycles. The molecule has 108 valence electrons. The van der Waals surface area contributed by atoms with Crippen LogP contribution in [0.3, 0.4) is 0 Å². The first-order valence-corrected chi connectivity index (χ1v) is 7.50. The molecule has 0 spiro atoms. The maximum Gasteiger partial charge on any atom is 0.0843 e. The minimum atomic E-state index is 0.0516. The van der Waals surface area contributed by atoms with Crippen molar-refractivity contribution < 1.29 is 0 Å². The zero-order chi connectivity index (χ0) is 14.8. The summed E-state index contributed by atoms with van der Waals surface area (Å²) in [6, 6.07) is 15.5. The normalized spacial score (nSPS) is 18.0. The second kappa shape index (κ2) is 6.06. The van der Waals surface area contributed by atoms with Crippen molar-refractivity contribution in [3.63, 3.8) is 0 Å². The fourth-order valence-corrected chi connectivity index (χ4v) is 2.99. The van der Waals surface area contributed by atoms with Gasteiger partial charge in [0, 0.05) is 23.0 Å². The molecule has 1 aliphatic heterocycles. The maximum atomic E-state index is 6.34. The highest BCUT2D eigenvalue weighted by atomic mass is 35.5. The minimum Gasteiger partial charge on any atom is -0.325 e. The molecule has 0 aromatic heterocycles. The van der Waals surface area contributed by atoms with Gasteiger partial charge in [0.25, 0.3) is 0 Å². The number of nitrogens with two attached hydrogens (primary N) is 1. The first-order valence-electron chi connectivity index (χ1n) is 6.74. The number of rotatable bonds is 3. The Kier molecular flexibility index (Phi) is 4.15. The van der Waals surface area contributed by atoms with Gasteiger partial charge >= 0.3 is 0 Å². The van der Waals surface area contributed by atoms with Crippen LogP contribution in [-0.2, 0) is 0 Å². The van der Waals surface area contributed by atoms with Crippen molar-refractivity contribution in [2.24, 2.45) is 10.8 Å². The van der Waals surface area contributed by atoms with Crippen molar-refractivity contribution in [3.8, 4) is 0 Å². The van der Waals surface area contributed by atoms with Crippen molar-refractivity contribution >= 4 is 34.6 Å². The SMILES string of the molecule is NCC1=NN(c2cccc(Cl)c2)C(c2ccccc2Cl)C1. The van der Waals surface area contributed by atoms with Gasteiger partial charge < -0.3 is 5.73 Å². The standard InChI is InChI=1S/C16H15Cl2N3/c17-11-4-3-5-13(8-11)21-16(9-12(10-19)20-21)14-6-1-2-7-15(14)18/h1-8,16H,9-10,19H2. The van der Waals surface area contributed by atoms with E-state index < -0.39 is 0 Å². The first-order chi connectivity index (χ1) is 10.2. The highest BCUT2D eigenvalue weighted by Gasteiger charge is 2.29. The van der Waals surface area contributed by atoms with Crippen LogP contribution in [0.5, 0.6) is 0 Å². The molecule has 0 fully saturated rings. The molecular weight excluding hydrogens is 305 g/mol. The minimum absolute atomic E-state index is 0.0516. The van der Waals surface area contributed by atoms with Crippen molar-refractivity contribution in [1.29, 1.82) is 0 Å². The molecule has 5 heteroatoms. The van der Waals surface area contributed by atoms with Crippen LogP contribution >= 0.6 is 23.2 Å². The molecule has 0 aliphatic carbocycles. The van der Waals surface area contributed by atoms with Gasteiger partial charge in [-0.25, -0.2) is 0 Å². The lowest BCUT2D eigenvalue weighted by molar-refractivity contribution is 0.708. The third kappa shape index (κ3) is 2.91. The number of hydrogen-bond acceptors (Lipinski definition) is 3. The van der Waals surface area contributed by atoms with Gasteiger partial charge in [-0.3, -0.25) is 5.01 Å². The van der Waals surface area contributed by atoms with E-state index in [9.17, 15) is 0 Å². The largest absolute Gasteiger partial charge is 0.325 e. The Morgan fingerprint density at radius 3 is 2.67 bits per heavy atom. The smallest absolute Gasteiger partial charge is 0.0843 e. The van der Waals surface area contributed by atoms with E-state index >= 15 is 0 Å². The van der Waals surface area contributed by atoms with Crippen LogP contribution in [0.4, 0.5) is 5.69 Å². The summed E-state index contributed by atoms with van der Waals surface area (Å²) in [5.41, 5.74) is 8.71. The quantitative estimate of drug-likeness (QED) is 0.918. The Hall–Kier alpha value is -1.55. The Bertz CT molecular complexity index is 685. The summed E-state index contributed by atoms with van der Waals surface area (Å²) in [5, 5.41) is 8.00. The summed E-state index contributed by atoms with van der Waals surface area (Å²) in [6.45, 7) is 0.442. The summed E-state index contributed by atoms with van der Waals surface area (Å²) in [7, 11) is 0. The molecule has 1 atom stereocenters. The van der Waals surface area contributed by atoms with Crippen LogP contribution in [0.1, 0.15) is 18.0 Å². The summed E-state index contributed by atoms with van der Waals surface area (Å²) in [4.78, 5) is 0. The second-order valence-corrected chi connectivity index (χ2v) is 5.78. The van der Waals surface area contributed by atoms with Crippen molar-refractivity contribution in [1.82, 2.24) is 0 Å². The molecule has 3 nitrogen and oxygen atoms in total.